The number of hydrogen-bond acceptors (Lipinski definition) is 1. The lowest BCUT2D eigenvalue weighted by molar-refractivity contribution is 0.0696. The van der Waals surface area contributed by atoms with Crippen LogP contribution in [0.1, 0.15) is 40.5 Å². The monoisotopic (exact) mass is 245 g/mol. The van der Waals surface area contributed by atoms with Crippen LogP contribution in [0.3, 0.4) is 0 Å². The summed E-state index contributed by atoms with van der Waals surface area (Å²) in [4.78, 5) is 11.2. The number of hydrogen-bond donors (Lipinski definition) is 1. The molecule has 1 aromatic heterocycles. The molecule has 3 nitrogen and oxygen atoms in total. The first-order valence-electron chi connectivity index (χ1n) is 6.30. The summed E-state index contributed by atoms with van der Waals surface area (Å²) in [5.41, 5.74) is 4.74. The molecule has 1 N–H and O–H groups in total. The topological polar surface area (TPSA) is 42.2 Å². The van der Waals surface area contributed by atoms with E-state index < -0.39 is 5.97 Å². The number of carbonyl (C=O) groups is 1. The zero-order valence-electron chi connectivity index (χ0n) is 11.4. The maximum atomic E-state index is 11.2. The zero-order chi connectivity index (χ0) is 13.4. The Kier molecular flexibility index (Phi) is 3.16. The van der Waals surface area contributed by atoms with Gasteiger partial charge in [-0.1, -0.05) is 6.92 Å². The van der Waals surface area contributed by atoms with Crippen LogP contribution in [0.15, 0.2) is 12.1 Å². The molecule has 0 amide bonds. The molecule has 0 atom stereocenters. The largest absolute Gasteiger partial charge is 0.478 e. The second-order valence-corrected chi connectivity index (χ2v) is 4.85. The van der Waals surface area contributed by atoms with Crippen molar-refractivity contribution in [2.45, 2.75) is 40.7 Å². The van der Waals surface area contributed by atoms with Gasteiger partial charge in [0.15, 0.2) is 0 Å². The van der Waals surface area contributed by atoms with E-state index in [0.717, 1.165) is 24.0 Å². The van der Waals surface area contributed by atoms with Gasteiger partial charge in [0, 0.05) is 23.1 Å². The number of benzene rings is 1. The van der Waals surface area contributed by atoms with Crippen LogP contribution in [0.25, 0.3) is 10.9 Å². The fourth-order valence-corrected chi connectivity index (χ4v) is 2.54. The number of aromatic nitrogens is 1. The fraction of sp³-hybridized carbons (Fsp3) is 0.400. The van der Waals surface area contributed by atoms with E-state index in [2.05, 4.69) is 25.3 Å². The maximum Gasteiger partial charge on any atom is 0.336 e. The molecule has 96 valence electrons. The normalized spacial score (nSPS) is 11.1. The van der Waals surface area contributed by atoms with E-state index in [4.69, 9.17) is 0 Å². The van der Waals surface area contributed by atoms with Gasteiger partial charge >= 0.3 is 5.97 Å². The molecular formula is C15H19NO2. The van der Waals surface area contributed by atoms with Gasteiger partial charge in [-0.3, -0.25) is 0 Å². The van der Waals surface area contributed by atoms with Crippen molar-refractivity contribution in [1.29, 1.82) is 0 Å². The first kappa shape index (κ1) is 12.7. The molecule has 0 spiro atoms. The summed E-state index contributed by atoms with van der Waals surface area (Å²) >= 11 is 0. The highest BCUT2D eigenvalue weighted by Gasteiger charge is 2.15. The van der Waals surface area contributed by atoms with Gasteiger partial charge in [0.2, 0.25) is 0 Å². The molecule has 0 saturated heterocycles. The van der Waals surface area contributed by atoms with Gasteiger partial charge in [0.25, 0.3) is 0 Å². The van der Waals surface area contributed by atoms with E-state index in [1.54, 1.807) is 0 Å². The maximum absolute atomic E-state index is 11.2. The summed E-state index contributed by atoms with van der Waals surface area (Å²) < 4.78 is 2.22. The van der Waals surface area contributed by atoms with E-state index >= 15 is 0 Å². The van der Waals surface area contributed by atoms with E-state index in [1.165, 1.54) is 16.6 Å². The average Bonchev–Trinajstić information content (AvgIpc) is 2.54. The van der Waals surface area contributed by atoms with Crippen molar-refractivity contribution < 1.29 is 9.90 Å². The summed E-state index contributed by atoms with van der Waals surface area (Å²) in [6, 6.07) is 3.80. The van der Waals surface area contributed by atoms with Crippen molar-refractivity contribution in [1.82, 2.24) is 4.57 Å². The van der Waals surface area contributed by atoms with Gasteiger partial charge in [0.1, 0.15) is 0 Å². The zero-order valence-corrected chi connectivity index (χ0v) is 11.4. The Morgan fingerprint density at radius 2 is 1.94 bits per heavy atom. The number of fused-ring (bicyclic) bond motifs is 1. The van der Waals surface area contributed by atoms with Gasteiger partial charge in [-0.15, -0.1) is 0 Å². The molecule has 0 unspecified atom stereocenters. The molecule has 18 heavy (non-hydrogen) atoms. The Labute approximate surface area is 107 Å². The number of aromatic carboxylic acids is 1. The van der Waals surface area contributed by atoms with Crippen LogP contribution < -0.4 is 0 Å². The minimum atomic E-state index is -0.853. The summed E-state index contributed by atoms with van der Waals surface area (Å²) in [5, 5.41) is 10.4. The van der Waals surface area contributed by atoms with Crippen LogP contribution in [0.5, 0.6) is 0 Å². The lowest BCUT2D eigenvalue weighted by Crippen LogP contribution is -2.02. The number of nitrogens with zero attached hydrogens (tertiary/aromatic N) is 1. The van der Waals surface area contributed by atoms with Crippen LogP contribution in [-0.2, 0) is 6.54 Å². The van der Waals surface area contributed by atoms with Gasteiger partial charge in [-0.2, -0.15) is 0 Å². The summed E-state index contributed by atoms with van der Waals surface area (Å²) in [6.45, 7) is 9.12. The smallest absolute Gasteiger partial charge is 0.336 e. The van der Waals surface area contributed by atoms with Crippen molar-refractivity contribution in [2.75, 3.05) is 0 Å². The SMILES string of the molecule is CCCn1c(C)c(C)c2cc(C)c(C(=O)O)cc21. The Morgan fingerprint density at radius 3 is 2.50 bits per heavy atom. The van der Waals surface area contributed by atoms with Crippen molar-refractivity contribution in [3.8, 4) is 0 Å². The lowest BCUT2D eigenvalue weighted by atomic mass is 10.0. The third-order valence-corrected chi connectivity index (χ3v) is 3.66. The summed E-state index contributed by atoms with van der Waals surface area (Å²) in [5.74, 6) is -0.853. The summed E-state index contributed by atoms with van der Waals surface area (Å²) in [6.07, 6.45) is 1.04. The van der Waals surface area contributed by atoms with Crippen LogP contribution in [0.4, 0.5) is 0 Å². The standard InChI is InChI=1S/C15H19NO2/c1-5-6-16-11(4)10(3)13-7-9(2)12(15(17)18)8-14(13)16/h7-8H,5-6H2,1-4H3,(H,17,18). The molecule has 0 aliphatic carbocycles. The average molecular weight is 245 g/mol. The van der Waals surface area contributed by atoms with Gasteiger partial charge in [-0.05, 0) is 50.5 Å². The molecule has 2 rings (SSSR count). The van der Waals surface area contributed by atoms with E-state index in [9.17, 15) is 9.90 Å². The molecule has 0 saturated carbocycles. The molecule has 1 heterocycles. The van der Waals surface area contributed by atoms with Gasteiger partial charge < -0.3 is 9.67 Å². The highest BCUT2D eigenvalue weighted by molar-refractivity contribution is 5.96. The van der Waals surface area contributed by atoms with E-state index in [0.29, 0.717) is 5.56 Å². The third kappa shape index (κ3) is 1.80. The van der Waals surface area contributed by atoms with Crippen LogP contribution >= 0.6 is 0 Å². The van der Waals surface area contributed by atoms with Crippen molar-refractivity contribution in [3.63, 3.8) is 0 Å². The molecular weight excluding hydrogens is 226 g/mol. The second-order valence-electron chi connectivity index (χ2n) is 4.85. The Hall–Kier alpha value is -1.77. The van der Waals surface area contributed by atoms with Crippen molar-refractivity contribution >= 4 is 16.9 Å². The van der Waals surface area contributed by atoms with Crippen LogP contribution in [-0.4, -0.2) is 15.6 Å². The molecule has 0 aliphatic heterocycles. The Morgan fingerprint density at radius 1 is 1.28 bits per heavy atom. The molecule has 0 fully saturated rings. The number of rotatable bonds is 3. The quantitative estimate of drug-likeness (QED) is 0.896. The first-order chi connectivity index (χ1) is 8.47. The fourth-order valence-electron chi connectivity index (χ4n) is 2.54. The third-order valence-electron chi connectivity index (χ3n) is 3.66. The minimum Gasteiger partial charge on any atom is -0.478 e. The molecule has 0 radical (unpaired) electrons. The molecule has 1 aromatic carbocycles. The van der Waals surface area contributed by atoms with Gasteiger partial charge in [0.05, 0.1) is 5.56 Å². The van der Waals surface area contributed by atoms with E-state index in [1.807, 2.05) is 19.1 Å². The highest BCUT2D eigenvalue weighted by atomic mass is 16.4. The second kappa shape index (κ2) is 4.48. The lowest BCUT2D eigenvalue weighted by Gasteiger charge is -2.07. The number of aryl methyl sites for hydroxylation is 3. The van der Waals surface area contributed by atoms with E-state index in [-0.39, 0.29) is 0 Å². The highest BCUT2D eigenvalue weighted by Crippen LogP contribution is 2.28. The molecule has 0 bridgehead atoms. The molecule has 3 heteroatoms. The van der Waals surface area contributed by atoms with Gasteiger partial charge in [-0.25, -0.2) is 4.79 Å². The Balaban J connectivity index is 2.81. The predicted molar refractivity (Wildman–Crippen MR) is 73.4 cm³/mol. The van der Waals surface area contributed by atoms with Crippen molar-refractivity contribution in [3.05, 3.63) is 34.5 Å². The Bertz CT molecular complexity index is 623. The summed E-state index contributed by atoms with van der Waals surface area (Å²) in [7, 11) is 0. The minimum absolute atomic E-state index is 0.400. The van der Waals surface area contributed by atoms with Crippen LogP contribution in [0.2, 0.25) is 0 Å². The van der Waals surface area contributed by atoms with Crippen molar-refractivity contribution in [2.24, 2.45) is 0 Å². The van der Waals surface area contributed by atoms with Crippen LogP contribution in [0, 0.1) is 20.8 Å². The first-order valence-corrected chi connectivity index (χ1v) is 6.30. The number of carboxylic acids is 1. The number of carboxylic acid groups (broad SMARTS) is 1. The molecule has 2 aromatic rings. The molecule has 0 aliphatic rings. The predicted octanol–water partition coefficient (Wildman–Crippen LogP) is 3.67.